The standard InChI is InChI=1S/C12H15N5/c1-9-10(7-13-11-4-5-11)8-15-17(9)12-3-2-6-14-16-12/h2-3,6,8,11,13H,4-5,7H2,1H3. The van der Waals surface area contributed by atoms with E-state index in [4.69, 9.17) is 0 Å². The largest absolute Gasteiger partial charge is 0.310 e. The van der Waals surface area contributed by atoms with Crippen molar-refractivity contribution in [2.75, 3.05) is 0 Å². The maximum atomic E-state index is 4.36. The highest BCUT2D eigenvalue weighted by Crippen LogP contribution is 2.20. The molecule has 1 N–H and O–H groups in total. The van der Waals surface area contributed by atoms with Gasteiger partial charge in [-0.2, -0.15) is 10.2 Å². The molecule has 0 radical (unpaired) electrons. The van der Waals surface area contributed by atoms with Crippen molar-refractivity contribution in [3.8, 4) is 5.82 Å². The van der Waals surface area contributed by atoms with Gasteiger partial charge in [-0.1, -0.05) is 0 Å². The average Bonchev–Trinajstić information content (AvgIpc) is 3.12. The van der Waals surface area contributed by atoms with E-state index in [1.54, 1.807) is 6.20 Å². The third kappa shape index (κ3) is 2.19. The summed E-state index contributed by atoms with van der Waals surface area (Å²) in [6.07, 6.45) is 6.17. The fourth-order valence-electron chi connectivity index (χ4n) is 1.80. The van der Waals surface area contributed by atoms with Gasteiger partial charge >= 0.3 is 0 Å². The van der Waals surface area contributed by atoms with Crippen molar-refractivity contribution in [3.05, 3.63) is 35.8 Å². The molecule has 2 aromatic heterocycles. The molecule has 2 aromatic rings. The lowest BCUT2D eigenvalue weighted by molar-refractivity contribution is 0.683. The minimum Gasteiger partial charge on any atom is -0.310 e. The van der Waals surface area contributed by atoms with Crippen molar-refractivity contribution in [3.63, 3.8) is 0 Å². The first-order valence-electron chi connectivity index (χ1n) is 5.89. The zero-order valence-corrected chi connectivity index (χ0v) is 9.80. The molecule has 0 unspecified atom stereocenters. The highest BCUT2D eigenvalue weighted by molar-refractivity contribution is 5.26. The van der Waals surface area contributed by atoms with Crippen LogP contribution in [0, 0.1) is 6.92 Å². The van der Waals surface area contributed by atoms with Gasteiger partial charge in [-0.05, 0) is 31.9 Å². The van der Waals surface area contributed by atoms with Crippen molar-refractivity contribution in [1.29, 1.82) is 0 Å². The summed E-state index contributed by atoms with van der Waals surface area (Å²) in [7, 11) is 0. The van der Waals surface area contributed by atoms with Gasteiger partial charge in [0, 0.05) is 30.0 Å². The molecule has 1 fully saturated rings. The second kappa shape index (κ2) is 4.25. The summed E-state index contributed by atoms with van der Waals surface area (Å²) in [6, 6.07) is 4.49. The Morgan fingerprint density at radius 3 is 3.06 bits per heavy atom. The number of hydrogen-bond donors (Lipinski definition) is 1. The Balaban J connectivity index is 1.81. The molecule has 88 valence electrons. The van der Waals surface area contributed by atoms with Crippen molar-refractivity contribution in [2.24, 2.45) is 0 Å². The Labute approximate surface area is 99.9 Å². The second-order valence-corrected chi connectivity index (χ2v) is 4.40. The number of rotatable bonds is 4. The molecule has 5 nitrogen and oxygen atoms in total. The molecule has 0 aliphatic heterocycles. The topological polar surface area (TPSA) is 55.6 Å². The molecular weight excluding hydrogens is 214 g/mol. The summed E-state index contributed by atoms with van der Waals surface area (Å²) >= 11 is 0. The number of nitrogens with zero attached hydrogens (tertiary/aromatic N) is 4. The number of hydrogen-bond acceptors (Lipinski definition) is 4. The summed E-state index contributed by atoms with van der Waals surface area (Å²) in [4.78, 5) is 0. The summed E-state index contributed by atoms with van der Waals surface area (Å²) in [5.41, 5.74) is 2.35. The molecule has 2 heterocycles. The fraction of sp³-hybridized carbons (Fsp3) is 0.417. The van der Waals surface area contributed by atoms with Crippen LogP contribution in [0.15, 0.2) is 24.5 Å². The lowest BCUT2D eigenvalue weighted by atomic mass is 10.2. The van der Waals surface area contributed by atoms with Crippen LogP contribution >= 0.6 is 0 Å². The molecule has 1 aliphatic rings. The van der Waals surface area contributed by atoms with Crippen LogP contribution in [0.25, 0.3) is 5.82 Å². The van der Waals surface area contributed by atoms with Crippen LogP contribution in [0.4, 0.5) is 0 Å². The molecule has 0 spiro atoms. The van der Waals surface area contributed by atoms with E-state index in [0.29, 0.717) is 6.04 Å². The van der Waals surface area contributed by atoms with Crippen molar-refractivity contribution in [1.82, 2.24) is 25.3 Å². The molecule has 3 rings (SSSR count). The van der Waals surface area contributed by atoms with Gasteiger partial charge < -0.3 is 5.32 Å². The first-order chi connectivity index (χ1) is 8.34. The Morgan fingerprint density at radius 1 is 1.47 bits per heavy atom. The van der Waals surface area contributed by atoms with E-state index in [2.05, 4.69) is 27.5 Å². The van der Waals surface area contributed by atoms with Gasteiger partial charge in [-0.15, -0.1) is 5.10 Å². The first kappa shape index (κ1) is 10.4. The Kier molecular flexibility index (Phi) is 2.60. The fourth-order valence-corrected chi connectivity index (χ4v) is 1.80. The second-order valence-electron chi connectivity index (χ2n) is 4.40. The molecule has 0 saturated heterocycles. The summed E-state index contributed by atoms with van der Waals surface area (Å²) in [5, 5.41) is 15.8. The maximum Gasteiger partial charge on any atom is 0.175 e. The lowest BCUT2D eigenvalue weighted by Crippen LogP contribution is -2.15. The molecule has 0 aromatic carbocycles. The van der Waals surface area contributed by atoms with Crippen LogP contribution in [0.2, 0.25) is 0 Å². The van der Waals surface area contributed by atoms with Gasteiger partial charge in [0.2, 0.25) is 0 Å². The normalized spacial score (nSPS) is 15.1. The highest BCUT2D eigenvalue weighted by Gasteiger charge is 2.20. The molecule has 17 heavy (non-hydrogen) atoms. The molecule has 5 heteroatoms. The lowest BCUT2D eigenvalue weighted by Gasteiger charge is -2.04. The quantitative estimate of drug-likeness (QED) is 0.856. The van der Waals surface area contributed by atoms with Crippen LogP contribution in [0.1, 0.15) is 24.1 Å². The SMILES string of the molecule is Cc1c(CNC2CC2)cnn1-c1cccnn1. The van der Waals surface area contributed by atoms with E-state index in [0.717, 1.165) is 18.1 Å². The zero-order valence-electron chi connectivity index (χ0n) is 9.80. The Hall–Kier alpha value is -1.75. The van der Waals surface area contributed by atoms with Crippen molar-refractivity contribution >= 4 is 0 Å². The minimum absolute atomic E-state index is 0.717. The molecule has 0 amide bonds. The zero-order chi connectivity index (χ0) is 11.7. The maximum absolute atomic E-state index is 4.36. The molecule has 0 atom stereocenters. The summed E-state index contributed by atoms with van der Waals surface area (Å²) < 4.78 is 1.83. The van der Waals surface area contributed by atoms with E-state index in [1.807, 2.05) is 23.0 Å². The predicted octanol–water partition coefficient (Wildman–Crippen LogP) is 1.22. The van der Waals surface area contributed by atoms with Gasteiger partial charge in [0.15, 0.2) is 5.82 Å². The van der Waals surface area contributed by atoms with E-state index in [9.17, 15) is 0 Å². The predicted molar refractivity (Wildman–Crippen MR) is 63.8 cm³/mol. The number of nitrogens with one attached hydrogen (secondary N) is 1. The molecular formula is C12H15N5. The monoisotopic (exact) mass is 229 g/mol. The van der Waals surface area contributed by atoms with Crippen molar-refractivity contribution < 1.29 is 0 Å². The average molecular weight is 229 g/mol. The molecule has 0 bridgehead atoms. The minimum atomic E-state index is 0.717. The van der Waals surface area contributed by atoms with Crippen molar-refractivity contribution in [2.45, 2.75) is 32.4 Å². The third-order valence-electron chi connectivity index (χ3n) is 3.05. The van der Waals surface area contributed by atoms with Gasteiger partial charge in [0.25, 0.3) is 0 Å². The Morgan fingerprint density at radius 2 is 2.35 bits per heavy atom. The third-order valence-corrected chi connectivity index (χ3v) is 3.05. The van der Waals surface area contributed by atoms with Gasteiger partial charge in [-0.3, -0.25) is 0 Å². The van der Waals surface area contributed by atoms with Crippen LogP contribution in [-0.2, 0) is 6.54 Å². The van der Waals surface area contributed by atoms with E-state index in [-0.39, 0.29) is 0 Å². The van der Waals surface area contributed by atoms with Gasteiger partial charge in [0.1, 0.15) is 0 Å². The van der Waals surface area contributed by atoms with E-state index < -0.39 is 0 Å². The van der Waals surface area contributed by atoms with E-state index >= 15 is 0 Å². The molecule has 1 saturated carbocycles. The van der Waals surface area contributed by atoms with E-state index in [1.165, 1.54) is 18.4 Å². The van der Waals surface area contributed by atoms with Gasteiger partial charge in [0.05, 0.1) is 6.20 Å². The number of aromatic nitrogens is 4. The molecule has 1 aliphatic carbocycles. The Bertz CT molecular complexity index is 501. The van der Waals surface area contributed by atoms with Gasteiger partial charge in [-0.25, -0.2) is 4.68 Å². The highest BCUT2D eigenvalue weighted by atomic mass is 15.3. The summed E-state index contributed by atoms with van der Waals surface area (Å²) in [5.74, 6) is 0.766. The van der Waals surface area contributed by atoms with Crippen LogP contribution in [0.3, 0.4) is 0 Å². The van der Waals surface area contributed by atoms with Crippen LogP contribution in [0.5, 0.6) is 0 Å². The smallest absolute Gasteiger partial charge is 0.175 e. The first-order valence-corrected chi connectivity index (χ1v) is 5.89. The van der Waals surface area contributed by atoms with Crippen LogP contribution in [-0.4, -0.2) is 26.0 Å². The van der Waals surface area contributed by atoms with Crippen LogP contribution < -0.4 is 5.32 Å². The summed E-state index contributed by atoms with van der Waals surface area (Å²) in [6.45, 7) is 2.95.